The van der Waals surface area contributed by atoms with Crippen LogP contribution in [0.3, 0.4) is 0 Å². The summed E-state index contributed by atoms with van der Waals surface area (Å²) in [5.41, 5.74) is 0.660. The summed E-state index contributed by atoms with van der Waals surface area (Å²) in [7, 11) is 1.22. The monoisotopic (exact) mass is 328 g/mol. The standard InChI is InChI=1S/C10H8BrClF2O3/c1-16-9(15)6-3-7(12)8(17-10(13)14)2-5(6)4-11/h2-3,10H,4H2,1H3. The van der Waals surface area contributed by atoms with Crippen molar-refractivity contribution >= 4 is 33.5 Å². The second-order valence-corrected chi connectivity index (χ2v) is 3.91. The number of ether oxygens (including phenoxy) is 2. The molecule has 17 heavy (non-hydrogen) atoms. The molecule has 0 N–H and O–H groups in total. The number of esters is 1. The molecule has 0 fully saturated rings. The molecule has 0 aliphatic rings. The van der Waals surface area contributed by atoms with Gasteiger partial charge in [0.15, 0.2) is 0 Å². The maximum absolute atomic E-state index is 12.1. The summed E-state index contributed by atoms with van der Waals surface area (Å²) < 4.78 is 32.9. The molecular formula is C10H8BrClF2O3. The highest BCUT2D eigenvalue weighted by Crippen LogP contribution is 2.31. The maximum atomic E-state index is 12.1. The minimum absolute atomic E-state index is 0.0737. The van der Waals surface area contributed by atoms with Gasteiger partial charge in [0, 0.05) is 5.33 Å². The molecule has 0 heterocycles. The lowest BCUT2D eigenvalue weighted by atomic mass is 10.1. The first kappa shape index (κ1) is 14.2. The van der Waals surface area contributed by atoms with Gasteiger partial charge in [0.1, 0.15) is 5.75 Å². The smallest absolute Gasteiger partial charge is 0.387 e. The van der Waals surface area contributed by atoms with Gasteiger partial charge in [0.25, 0.3) is 0 Å². The topological polar surface area (TPSA) is 35.5 Å². The molecule has 0 aliphatic heterocycles. The predicted octanol–water partition coefficient (Wildman–Crippen LogP) is 3.62. The van der Waals surface area contributed by atoms with Crippen LogP contribution >= 0.6 is 27.5 Å². The molecule has 7 heteroatoms. The number of carbonyl (C=O) groups excluding carboxylic acids is 1. The van der Waals surface area contributed by atoms with Crippen LogP contribution in [0.15, 0.2) is 12.1 Å². The van der Waals surface area contributed by atoms with Gasteiger partial charge in [-0.1, -0.05) is 27.5 Å². The van der Waals surface area contributed by atoms with Crippen LogP contribution in [0.25, 0.3) is 0 Å². The van der Waals surface area contributed by atoms with Gasteiger partial charge in [-0.3, -0.25) is 0 Å². The molecule has 1 aromatic carbocycles. The van der Waals surface area contributed by atoms with Crippen LogP contribution in [0.1, 0.15) is 15.9 Å². The van der Waals surface area contributed by atoms with Crippen molar-refractivity contribution < 1.29 is 23.0 Å². The van der Waals surface area contributed by atoms with Crippen LogP contribution in [0.4, 0.5) is 8.78 Å². The zero-order valence-corrected chi connectivity index (χ0v) is 11.0. The molecule has 0 radical (unpaired) electrons. The number of methoxy groups -OCH3 is 1. The second kappa shape index (κ2) is 6.16. The van der Waals surface area contributed by atoms with Crippen LogP contribution in [-0.2, 0) is 10.1 Å². The lowest BCUT2D eigenvalue weighted by Crippen LogP contribution is -2.08. The average molecular weight is 330 g/mol. The Morgan fingerprint density at radius 1 is 1.53 bits per heavy atom. The van der Waals surface area contributed by atoms with E-state index < -0.39 is 12.6 Å². The summed E-state index contributed by atoms with van der Waals surface area (Å²) in [5.74, 6) is -0.770. The number of halogens is 4. The molecule has 0 spiro atoms. The van der Waals surface area contributed by atoms with Crippen LogP contribution in [0.2, 0.25) is 5.02 Å². The Balaban J connectivity index is 3.19. The van der Waals surface area contributed by atoms with Gasteiger partial charge in [-0.2, -0.15) is 8.78 Å². The molecule has 94 valence electrons. The summed E-state index contributed by atoms with van der Waals surface area (Å²) >= 11 is 8.86. The number of alkyl halides is 3. The molecule has 0 saturated carbocycles. The van der Waals surface area contributed by atoms with Gasteiger partial charge in [0.05, 0.1) is 17.7 Å². The Hall–Kier alpha value is -0.880. The Kier molecular flexibility index (Phi) is 5.14. The van der Waals surface area contributed by atoms with Gasteiger partial charge in [-0.25, -0.2) is 4.79 Å². The lowest BCUT2D eigenvalue weighted by molar-refractivity contribution is -0.0498. The first-order valence-corrected chi connectivity index (χ1v) is 5.91. The van der Waals surface area contributed by atoms with Gasteiger partial charge in [-0.15, -0.1) is 0 Å². The van der Waals surface area contributed by atoms with Crippen LogP contribution in [-0.4, -0.2) is 19.7 Å². The largest absolute Gasteiger partial charge is 0.465 e. The van der Waals surface area contributed by atoms with E-state index in [-0.39, 0.29) is 21.7 Å². The molecule has 0 aliphatic carbocycles. The highest BCUT2D eigenvalue weighted by Gasteiger charge is 2.17. The van der Waals surface area contributed by atoms with Crippen molar-refractivity contribution in [3.8, 4) is 5.75 Å². The summed E-state index contributed by atoms with van der Waals surface area (Å²) in [6.45, 7) is -2.97. The number of rotatable bonds is 4. The van der Waals surface area contributed by atoms with E-state index in [1.807, 2.05) is 0 Å². The van der Waals surface area contributed by atoms with Crippen molar-refractivity contribution in [2.24, 2.45) is 0 Å². The van der Waals surface area contributed by atoms with Crippen molar-refractivity contribution in [2.75, 3.05) is 7.11 Å². The van der Waals surface area contributed by atoms with Crippen LogP contribution in [0.5, 0.6) is 5.75 Å². The van der Waals surface area contributed by atoms with E-state index in [0.29, 0.717) is 5.56 Å². The third-order valence-corrected chi connectivity index (χ3v) is 2.82. The predicted molar refractivity (Wildman–Crippen MR) is 62.1 cm³/mol. The lowest BCUT2D eigenvalue weighted by Gasteiger charge is -2.11. The summed E-state index contributed by atoms with van der Waals surface area (Å²) in [4.78, 5) is 11.4. The van der Waals surface area contributed by atoms with E-state index in [0.717, 1.165) is 0 Å². The van der Waals surface area contributed by atoms with E-state index in [1.165, 1.54) is 19.2 Å². The van der Waals surface area contributed by atoms with E-state index in [2.05, 4.69) is 25.4 Å². The Bertz CT molecular complexity index is 426. The van der Waals surface area contributed by atoms with Crippen molar-refractivity contribution in [1.29, 1.82) is 0 Å². The summed E-state index contributed by atoms with van der Waals surface area (Å²) in [6.07, 6.45) is 0. The van der Waals surface area contributed by atoms with Gasteiger partial charge >= 0.3 is 12.6 Å². The highest BCUT2D eigenvalue weighted by atomic mass is 79.9. The minimum atomic E-state index is -2.97. The second-order valence-electron chi connectivity index (χ2n) is 2.94. The first-order valence-electron chi connectivity index (χ1n) is 4.41. The fourth-order valence-electron chi connectivity index (χ4n) is 1.19. The number of benzene rings is 1. The molecule has 0 atom stereocenters. The van der Waals surface area contributed by atoms with Gasteiger partial charge in [0.2, 0.25) is 0 Å². The normalized spacial score (nSPS) is 10.5. The number of carbonyl (C=O) groups is 1. The van der Waals surface area contributed by atoms with Crippen LogP contribution < -0.4 is 4.74 Å². The van der Waals surface area contributed by atoms with Gasteiger partial charge in [-0.05, 0) is 17.7 Å². The fraction of sp³-hybridized carbons (Fsp3) is 0.300. The molecule has 0 saturated heterocycles. The van der Waals surface area contributed by atoms with Gasteiger partial charge < -0.3 is 9.47 Å². The fourth-order valence-corrected chi connectivity index (χ4v) is 1.86. The maximum Gasteiger partial charge on any atom is 0.387 e. The van der Waals surface area contributed by atoms with Crippen LogP contribution in [0, 0.1) is 0 Å². The minimum Gasteiger partial charge on any atom is -0.465 e. The summed E-state index contributed by atoms with van der Waals surface area (Å²) in [6, 6.07) is 2.51. The molecule has 0 aromatic heterocycles. The molecule has 1 rings (SSSR count). The molecular weight excluding hydrogens is 321 g/mol. The molecule has 0 unspecified atom stereocenters. The van der Waals surface area contributed by atoms with E-state index in [9.17, 15) is 13.6 Å². The van der Waals surface area contributed by atoms with E-state index in [1.54, 1.807) is 0 Å². The van der Waals surface area contributed by atoms with Crippen molar-refractivity contribution in [3.63, 3.8) is 0 Å². The number of hydrogen-bond acceptors (Lipinski definition) is 3. The third kappa shape index (κ3) is 3.54. The zero-order chi connectivity index (χ0) is 13.0. The highest BCUT2D eigenvalue weighted by molar-refractivity contribution is 9.08. The third-order valence-electron chi connectivity index (χ3n) is 1.92. The molecule has 0 bridgehead atoms. The van der Waals surface area contributed by atoms with Crippen molar-refractivity contribution in [2.45, 2.75) is 11.9 Å². The molecule has 1 aromatic rings. The Morgan fingerprint density at radius 3 is 2.65 bits per heavy atom. The SMILES string of the molecule is COC(=O)c1cc(Cl)c(OC(F)F)cc1CBr. The summed E-state index contributed by atoms with van der Waals surface area (Å²) in [5, 5.41) is 0.212. The molecule has 3 nitrogen and oxygen atoms in total. The van der Waals surface area contributed by atoms with Crippen molar-refractivity contribution in [3.05, 3.63) is 28.3 Å². The zero-order valence-electron chi connectivity index (χ0n) is 8.68. The average Bonchev–Trinajstić information content (AvgIpc) is 2.29. The first-order chi connectivity index (χ1) is 7.99. The Morgan fingerprint density at radius 2 is 2.18 bits per heavy atom. The van der Waals surface area contributed by atoms with E-state index >= 15 is 0 Å². The molecule has 0 amide bonds. The van der Waals surface area contributed by atoms with E-state index in [4.69, 9.17) is 11.6 Å². The quantitative estimate of drug-likeness (QED) is 0.625. The number of hydrogen-bond donors (Lipinski definition) is 0. The Labute approximate surface area is 110 Å². The van der Waals surface area contributed by atoms with Crippen molar-refractivity contribution in [1.82, 2.24) is 0 Å².